The number of aromatic amines is 1. The van der Waals surface area contributed by atoms with Crippen LogP contribution in [0.25, 0.3) is 0 Å². The lowest BCUT2D eigenvalue weighted by Crippen LogP contribution is -2.23. The van der Waals surface area contributed by atoms with Crippen molar-refractivity contribution in [2.75, 3.05) is 0 Å². The zero-order valence-electron chi connectivity index (χ0n) is 13.1. The zero-order chi connectivity index (χ0) is 15.8. The van der Waals surface area contributed by atoms with Crippen LogP contribution in [0.2, 0.25) is 0 Å². The van der Waals surface area contributed by atoms with Gasteiger partial charge >= 0.3 is 11.9 Å². The minimum atomic E-state index is -0.503. The molecule has 1 aliphatic carbocycles. The maximum Gasteiger partial charge on any atom is 0.316 e. The van der Waals surface area contributed by atoms with Crippen LogP contribution in [-0.4, -0.2) is 32.6 Å². The molecule has 22 heavy (non-hydrogen) atoms. The number of H-pyrrole nitrogens is 1. The molecule has 7 nitrogen and oxygen atoms in total. The number of nitrogens with zero attached hydrogens (tertiary/aromatic N) is 3. The van der Waals surface area contributed by atoms with E-state index in [1.807, 2.05) is 0 Å². The molecule has 2 unspecified atom stereocenters. The van der Waals surface area contributed by atoms with Crippen LogP contribution in [0, 0.1) is 11.8 Å². The number of hydrogen-bond donors (Lipinski definition) is 1. The Hall–Kier alpha value is -1.79. The quantitative estimate of drug-likeness (QED) is 0.449. The van der Waals surface area contributed by atoms with Crippen LogP contribution >= 0.6 is 0 Å². The second-order valence-electron chi connectivity index (χ2n) is 5.99. The zero-order valence-corrected chi connectivity index (χ0v) is 13.1. The predicted octanol–water partition coefficient (Wildman–Crippen LogP) is 2.20. The molecule has 0 radical (unpaired) electrons. The Morgan fingerprint density at radius 2 is 2.05 bits per heavy atom. The molecular weight excluding hydrogens is 284 g/mol. The Kier molecular flexibility index (Phi) is 6.48. The number of carbonyl (C=O) groups is 2. The van der Waals surface area contributed by atoms with E-state index in [1.165, 1.54) is 6.92 Å². The molecular formula is C15H24N4O3. The molecule has 122 valence electrons. The van der Waals surface area contributed by atoms with E-state index in [-0.39, 0.29) is 11.9 Å². The second kappa shape index (κ2) is 8.60. The van der Waals surface area contributed by atoms with Gasteiger partial charge in [0, 0.05) is 13.3 Å². The molecule has 0 bridgehead atoms. The summed E-state index contributed by atoms with van der Waals surface area (Å²) in [6.45, 7) is 1.28. The number of tetrazole rings is 1. The Balaban J connectivity index is 1.59. The van der Waals surface area contributed by atoms with Crippen molar-refractivity contribution in [1.82, 2.24) is 20.6 Å². The lowest BCUT2D eigenvalue weighted by molar-refractivity contribution is -0.162. The number of carbonyl (C=O) groups excluding carboxylic acids is 2. The molecule has 1 saturated carbocycles. The van der Waals surface area contributed by atoms with Crippen LogP contribution in [0.4, 0.5) is 0 Å². The van der Waals surface area contributed by atoms with Gasteiger partial charge in [0.05, 0.1) is 5.92 Å². The van der Waals surface area contributed by atoms with E-state index in [1.54, 1.807) is 0 Å². The van der Waals surface area contributed by atoms with Crippen molar-refractivity contribution in [2.45, 2.75) is 64.7 Å². The van der Waals surface area contributed by atoms with E-state index in [0.717, 1.165) is 63.6 Å². The first kappa shape index (κ1) is 16.6. The average molecular weight is 308 g/mol. The van der Waals surface area contributed by atoms with Gasteiger partial charge in [-0.15, -0.1) is 10.2 Å². The number of unbranched alkanes of at least 4 members (excludes halogenated alkanes) is 3. The fourth-order valence-corrected chi connectivity index (χ4v) is 3.24. The van der Waals surface area contributed by atoms with E-state index in [4.69, 9.17) is 4.74 Å². The Bertz CT molecular complexity index is 475. The van der Waals surface area contributed by atoms with Gasteiger partial charge in [-0.3, -0.25) is 9.59 Å². The first-order valence-corrected chi connectivity index (χ1v) is 8.11. The second-order valence-corrected chi connectivity index (χ2v) is 5.99. The Morgan fingerprint density at radius 3 is 2.77 bits per heavy atom. The maximum absolute atomic E-state index is 11.9. The van der Waals surface area contributed by atoms with Gasteiger partial charge in [0.25, 0.3) is 0 Å². The SMILES string of the molecule is CC(=O)OC(=O)C1CCCC1CCCCCCc1nn[nH]n1. The largest absolute Gasteiger partial charge is 0.393 e. The number of aryl methyl sites for hydroxylation is 1. The molecule has 0 saturated heterocycles. The smallest absolute Gasteiger partial charge is 0.316 e. The molecule has 0 aromatic carbocycles. The van der Waals surface area contributed by atoms with Gasteiger partial charge in [0.1, 0.15) is 0 Å². The maximum atomic E-state index is 11.9. The Labute approximate surface area is 130 Å². The fraction of sp³-hybridized carbons (Fsp3) is 0.800. The molecule has 1 aromatic rings. The number of rotatable bonds is 8. The third kappa shape index (κ3) is 5.20. The van der Waals surface area contributed by atoms with Gasteiger partial charge in [-0.2, -0.15) is 5.21 Å². The van der Waals surface area contributed by atoms with Crippen molar-refractivity contribution in [3.63, 3.8) is 0 Å². The molecule has 2 atom stereocenters. The van der Waals surface area contributed by atoms with Crippen LogP contribution in [-0.2, 0) is 20.7 Å². The third-order valence-corrected chi connectivity index (χ3v) is 4.32. The minimum Gasteiger partial charge on any atom is -0.393 e. The minimum absolute atomic E-state index is 0.0803. The highest BCUT2D eigenvalue weighted by molar-refractivity contribution is 5.85. The van der Waals surface area contributed by atoms with Gasteiger partial charge in [-0.25, -0.2) is 0 Å². The van der Waals surface area contributed by atoms with Crippen molar-refractivity contribution in [2.24, 2.45) is 11.8 Å². The highest BCUT2D eigenvalue weighted by Crippen LogP contribution is 2.36. The van der Waals surface area contributed by atoms with Crippen LogP contribution in [0.5, 0.6) is 0 Å². The first-order chi connectivity index (χ1) is 10.7. The molecule has 2 rings (SSSR count). The number of hydrogen-bond acceptors (Lipinski definition) is 6. The van der Waals surface area contributed by atoms with Gasteiger partial charge in [0.2, 0.25) is 0 Å². The summed E-state index contributed by atoms with van der Waals surface area (Å²) < 4.78 is 4.75. The lowest BCUT2D eigenvalue weighted by Gasteiger charge is -2.17. The molecule has 1 aliphatic rings. The van der Waals surface area contributed by atoms with E-state index in [0.29, 0.717) is 5.92 Å². The summed E-state index contributed by atoms with van der Waals surface area (Å²) in [5.41, 5.74) is 0. The summed E-state index contributed by atoms with van der Waals surface area (Å²) in [7, 11) is 0. The normalized spacial score (nSPS) is 21.0. The van der Waals surface area contributed by atoms with Gasteiger partial charge in [0.15, 0.2) is 5.82 Å². The average Bonchev–Trinajstić information content (AvgIpc) is 3.13. The number of esters is 2. The molecule has 1 aromatic heterocycles. The van der Waals surface area contributed by atoms with Crippen LogP contribution < -0.4 is 0 Å². The Morgan fingerprint density at radius 1 is 1.23 bits per heavy atom. The lowest BCUT2D eigenvalue weighted by atomic mass is 9.90. The summed E-state index contributed by atoms with van der Waals surface area (Å²) in [6, 6.07) is 0. The monoisotopic (exact) mass is 308 g/mol. The van der Waals surface area contributed by atoms with Gasteiger partial charge in [-0.1, -0.05) is 30.9 Å². The van der Waals surface area contributed by atoms with Crippen molar-refractivity contribution < 1.29 is 14.3 Å². The van der Waals surface area contributed by atoms with Crippen molar-refractivity contribution in [1.29, 1.82) is 0 Å². The molecule has 0 spiro atoms. The first-order valence-electron chi connectivity index (χ1n) is 8.11. The van der Waals surface area contributed by atoms with E-state index in [9.17, 15) is 9.59 Å². The molecule has 1 N–H and O–H groups in total. The summed E-state index contributed by atoms with van der Waals surface area (Å²) in [6.07, 6.45) is 9.32. The summed E-state index contributed by atoms with van der Waals surface area (Å²) in [5, 5.41) is 13.8. The van der Waals surface area contributed by atoms with Crippen molar-refractivity contribution >= 4 is 11.9 Å². The summed E-state index contributed by atoms with van der Waals surface area (Å²) >= 11 is 0. The van der Waals surface area contributed by atoms with E-state index >= 15 is 0 Å². The highest BCUT2D eigenvalue weighted by atomic mass is 16.6. The molecule has 0 aliphatic heterocycles. The van der Waals surface area contributed by atoms with E-state index < -0.39 is 5.97 Å². The summed E-state index contributed by atoms with van der Waals surface area (Å²) in [4.78, 5) is 22.8. The van der Waals surface area contributed by atoms with Crippen LogP contribution in [0.15, 0.2) is 0 Å². The van der Waals surface area contributed by atoms with Crippen molar-refractivity contribution in [3.8, 4) is 0 Å². The fourth-order valence-electron chi connectivity index (χ4n) is 3.24. The molecule has 1 fully saturated rings. The van der Waals surface area contributed by atoms with Gasteiger partial charge in [-0.05, 0) is 31.6 Å². The topological polar surface area (TPSA) is 97.8 Å². The highest BCUT2D eigenvalue weighted by Gasteiger charge is 2.34. The molecule has 7 heteroatoms. The van der Waals surface area contributed by atoms with Crippen LogP contribution in [0.1, 0.15) is 64.1 Å². The summed E-state index contributed by atoms with van der Waals surface area (Å²) in [5.74, 6) is 0.236. The molecule has 0 amide bonds. The third-order valence-electron chi connectivity index (χ3n) is 4.32. The van der Waals surface area contributed by atoms with E-state index in [2.05, 4.69) is 20.6 Å². The van der Waals surface area contributed by atoms with Crippen LogP contribution in [0.3, 0.4) is 0 Å². The molecule has 1 heterocycles. The number of aromatic nitrogens is 4. The number of ether oxygens (including phenoxy) is 1. The standard InChI is InChI=1S/C15H24N4O3/c1-11(20)22-15(21)13-9-6-8-12(13)7-4-2-3-5-10-14-16-18-19-17-14/h12-13H,2-10H2,1H3,(H,16,17,18,19). The number of nitrogens with one attached hydrogen (secondary N) is 1. The van der Waals surface area contributed by atoms with Gasteiger partial charge < -0.3 is 4.74 Å². The predicted molar refractivity (Wildman–Crippen MR) is 78.6 cm³/mol. The van der Waals surface area contributed by atoms with Crippen molar-refractivity contribution in [3.05, 3.63) is 5.82 Å².